The summed E-state index contributed by atoms with van der Waals surface area (Å²) in [5.41, 5.74) is 1.43. The molecule has 2 rings (SSSR count). The Hall–Kier alpha value is -1.61. The fraction of sp³-hybridized carbons (Fsp3) is 0.0909. The number of hydrogen-bond donors (Lipinski definition) is 0. The molecule has 0 saturated carbocycles. The quantitative estimate of drug-likeness (QED) is 0.730. The summed E-state index contributed by atoms with van der Waals surface area (Å²) in [4.78, 5) is 15.1. The second-order valence-corrected chi connectivity index (χ2v) is 3.60. The Bertz CT molecular complexity index is 491. The molecule has 0 radical (unpaired) electrons. The molecule has 0 bridgehead atoms. The standard InChI is InChI=1S/C11H9ClN2O/c1-8(15)10-3-2-9(6-11(10)12)14-5-4-13-7-14/h2-7H,1H3. The molecule has 0 saturated heterocycles. The topological polar surface area (TPSA) is 34.9 Å². The maximum absolute atomic E-state index is 11.2. The van der Waals surface area contributed by atoms with Gasteiger partial charge in [0.15, 0.2) is 5.78 Å². The van der Waals surface area contributed by atoms with Crippen molar-refractivity contribution < 1.29 is 4.79 Å². The van der Waals surface area contributed by atoms with Crippen molar-refractivity contribution >= 4 is 17.4 Å². The lowest BCUT2D eigenvalue weighted by molar-refractivity contribution is 0.101. The van der Waals surface area contributed by atoms with E-state index >= 15 is 0 Å². The van der Waals surface area contributed by atoms with Gasteiger partial charge in [0.05, 0.1) is 11.3 Å². The largest absolute Gasteiger partial charge is 0.306 e. The number of rotatable bonds is 2. The molecule has 1 aromatic carbocycles. The average molecular weight is 221 g/mol. The number of nitrogens with zero attached hydrogens (tertiary/aromatic N) is 2. The SMILES string of the molecule is CC(=O)c1ccc(-n2ccnc2)cc1Cl. The zero-order valence-electron chi connectivity index (χ0n) is 8.14. The molecule has 0 spiro atoms. The van der Waals surface area contributed by atoms with Crippen molar-refractivity contribution in [3.8, 4) is 5.69 Å². The molecule has 0 N–H and O–H groups in total. The monoisotopic (exact) mass is 220 g/mol. The lowest BCUT2D eigenvalue weighted by Crippen LogP contribution is -1.96. The summed E-state index contributed by atoms with van der Waals surface area (Å²) < 4.78 is 1.83. The van der Waals surface area contributed by atoms with Crippen molar-refractivity contribution in [1.29, 1.82) is 0 Å². The lowest BCUT2D eigenvalue weighted by Gasteiger charge is -2.05. The highest BCUT2D eigenvalue weighted by Gasteiger charge is 2.06. The molecule has 1 heterocycles. The average Bonchev–Trinajstić information content (AvgIpc) is 2.69. The van der Waals surface area contributed by atoms with Gasteiger partial charge in [0, 0.05) is 23.6 Å². The van der Waals surface area contributed by atoms with Gasteiger partial charge in [0.25, 0.3) is 0 Å². The third kappa shape index (κ3) is 1.92. The second kappa shape index (κ2) is 3.87. The number of hydrogen-bond acceptors (Lipinski definition) is 2. The van der Waals surface area contributed by atoms with Crippen molar-refractivity contribution in [2.24, 2.45) is 0 Å². The van der Waals surface area contributed by atoms with E-state index in [4.69, 9.17) is 11.6 Å². The van der Waals surface area contributed by atoms with Gasteiger partial charge in [0.2, 0.25) is 0 Å². The zero-order chi connectivity index (χ0) is 10.8. The maximum atomic E-state index is 11.2. The van der Waals surface area contributed by atoms with E-state index in [-0.39, 0.29) is 5.78 Å². The summed E-state index contributed by atoms with van der Waals surface area (Å²) in [6.07, 6.45) is 5.19. The van der Waals surface area contributed by atoms with E-state index in [2.05, 4.69) is 4.98 Å². The molecule has 0 aliphatic heterocycles. The molecule has 0 atom stereocenters. The summed E-state index contributed by atoms with van der Waals surface area (Å²) in [5, 5.41) is 0.466. The van der Waals surface area contributed by atoms with Gasteiger partial charge in [0.1, 0.15) is 0 Å². The van der Waals surface area contributed by atoms with E-state index in [0.29, 0.717) is 10.6 Å². The number of imidazole rings is 1. The van der Waals surface area contributed by atoms with E-state index in [1.165, 1.54) is 6.92 Å². The van der Waals surface area contributed by atoms with Crippen LogP contribution < -0.4 is 0 Å². The Labute approximate surface area is 92.3 Å². The van der Waals surface area contributed by atoms with E-state index < -0.39 is 0 Å². The Morgan fingerprint density at radius 1 is 1.47 bits per heavy atom. The van der Waals surface area contributed by atoms with Crippen molar-refractivity contribution in [1.82, 2.24) is 9.55 Å². The Kier molecular flexibility index (Phi) is 2.56. The normalized spacial score (nSPS) is 10.3. The molecular formula is C11H9ClN2O. The Balaban J connectivity index is 2.47. The molecule has 76 valence electrons. The minimum Gasteiger partial charge on any atom is -0.306 e. The number of halogens is 1. The predicted octanol–water partition coefficient (Wildman–Crippen LogP) is 2.73. The molecule has 1 aromatic heterocycles. The van der Waals surface area contributed by atoms with Crippen LogP contribution in [0.4, 0.5) is 0 Å². The van der Waals surface area contributed by atoms with Crippen LogP contribution in [0.15, 0.2) is 36.9 Å². The van der Waals surface area contributed by atoms with Crippen LogP contribution in [0.5, 0.6) is 0 Å². The van der Waals surface area contributed by atoms with Crippen LogP contribution in [-0.2, 0) is 0 Å². The lowest BCUT2D eigenvalue weighted by atomic mass is 10.1. The van der Waals surface area contributed by atoms with E-state index in [1.807, 2.05) is 16.8 Å². The third-order valence-corrected chi connectivity index (χ3v) is 2.45. The van der Waals surface area contributed by atoms with Crippen molar-refractivity contribution in [3.05, 3.63) is 47.5 Å². The van der Waals surface area contributed by atoms with E-state index in [1.54, 1.807) is 24.7 Å². The number of carbonyl (C=O) groups excluding carboxylic acids is 1. The molecule has 2 aromatic rings. The highest BCUT2D eigenvalue weighted by molar-refractivity contribution is 6.34. The number of ketones is 1. The van der Waals surface area contributed by atoms with Crippen LogP contribution in [0.1, 0.15) is 17.3 Å². The summed E-state index contributed by atoms with van der Waals surface area (Å²) in [6.45, 7) is 1.50. The Morgan fingerprint density at radius 2 is 2.27 bits per heavy atom. The molecule has 0 amide bonds. The molecule has 0 aliphatic carbocycles. The van der Waals surface area contributed by atoms with Gasteiger partial charge in [-0.2, -0.15) is 0 Å². The number of benzene rings is 1. The van der Waals surface area contributed by atoms with Crippen LogP contribution in [0.3, 0.4) is 0 Å². The first-order valence-corrected chi connectivity index (χ1v) is 4.85. The number of carbonyl (C=O) groups is 1. The summed E-state index contributed by atoms with van der Waals surface area (Å²) in [6, 6.07) is 5.31. The summed E-state index contributed by atoms with van der Waals surface area (Å²) in [7, 11) is 0. The molecule has 0 fully saturated rings. The Morgan fingerprint density at radius 3 is 2.80 bits per heavy atom. The van der Waals surface area contributed by atoms with E-state index in [9.17, 15) is 4.79 Å². The van der Waals surface area contributed by atoms with E-state index in [0.717, 1.165) is 5.69 Å². The van der Waals surface area contributed by atoms with Crippen LogP contribution in [0.25, 0.3) is 5.69 Å². The minimum atomic E-state index is -0.0304. The van der Waals surface area contributed by atoms with Gasteiger partial charge in [-0.3, -0.25) is 4.79 Å². The highest BCUT2D eigenvalue weighted by Crippen LogP contribution is 2.20. The first-order chi connectivity index (χ1) is 7.18. The first kappa shape index (κ1) is 9.93. The summed E-state index contributed by atoms with van der Waals surface area (Å²) in [5.74, 6) is -0.0304. The van der Waals surface area contributed by atoms with Gasteiger partial charge in [-0.25, -0.2) is 4.98 Å². The van der Waals surface area contributed by atoms with Gasteiger partial charge in [-0.05, 0) is 25.1 Å². The number of Topliss-reactive ketones (excluding diaryl/α,β-unsaturated/α-hetero) is 1. The second-order valence-electron chi connectivity index (χ2n) is 3.19. The maximum Gasteiger partial charge on any atom is 0.161 e. The fourth-order valence-corrected chi connectivity index (χ4v) is 1.67. The smallest absolute Gasteiger partial charge is 0.161 e. The van der Waals surface area contributed by atoms with Crippen LogP contribution in [0, 0.1) is 0 Å². The minimum absolute atomic E-state index is 0.0304. The number of aromatic nitrogens is 2. The third-order valence-electron chi connectivity index (χ3n) is 2.13. The van der Waals surface area contributed by atoms with Gasteiger partial charge in [-0.1, -0.05) is 11.6 Å². The molecule has 3 nitrogen and oxygen atoms in total. The first-order valence-electron chi connectivity index (χ1n) is 4.47. The fourth-order valence-electron chi connectivity index (χ4n) is 1.36. The van der Waals surface area contributed by atoms with Crippen LogP contribution >= 0.6 is 11.6 Å². The molecule has 0 aliphatic rings. The highest BCUT2D eigenvalue weighted by atomic mass is 35.5. The van der Waals surface area contributed by atoms with Crippen LogP contribution in [0.2, 0.25) is 5.02 Å². The van der Waals surface area contributed by atoms with Crippen molar-refractivity contribution in [2.75, 3.05) is 0 Å². The predicted molar refractivity (Wildman–Crippen MR) is 58.6 cm³/mol. The molecule has 4 heteroatoms. The molecule has 0 unspecified atom stereocenters. The van der Waals surface area contributed by atoms with Gasteiger partial charge < -0.3 is 4.57 Å². The molecule has 15 heavy (non-hydrogen) atoms. The van der Waals surface area contributed by atoms with Gasteiger partial charge in [-0.15, -0.1) is 0 Å². The van der Waals surface area contributed by atoms with Crippen molar-refractivity contribution in [2.45, 2.75) is 6.92 Å². The zero-order valence-corrected chi connectivity index (χ0v) is 8.90. The van der Waals surface area contributed by atoms with Gasteiger partial charge >= 0.3 is 0 Å². The molecular weight excluding hydrogens is 212 g/mol. The van der Waals surface area contributed by atoms with Crippen molar-refractivity contribution in [3.63, 3.8) is 0 Å². The summed E-state index contributed by atoms with van der Waals surface area (Å²) >= 11 is 5.99. The van der Waals surface area contributed by atoms with Crippen LogP contribution in [-0.4, -0.2) is 15.3 Å².